The Balaban J connectivity index is 2.54. The molecular weight excluding hydrogens is 414 g/mol. The number of benzene rings is 1. The van der Waals surface area contributed by atoms with Gasteiger partial charge in [0, 0.05) is 31.8 Å². The summed E-state index contributed by atoms with van der Waals surface area (Å²) in [6, 6.07) is 5.18. The number of hydrogen-bond acceptors (Lipinski definition) is 7. The molecule has 0 aromatic heterocycles. The Labute approximate surface area is 177 Å². The van der Waals surface area contributed by atoms with E-state index in [-0.39, 0.29) is 16.5 Å². The molecule has 0 radical (unpaired) electrons. The number of ether oxygens (including phenoxy) is 2. The van der Waals surface area contributed by atoms with Crippen LogP contribution in [-0.2, 0) is 29.1 Å². The van der Waals surface area contributed by atoms with E-state index in [1.165, 1.54) is 35.7 Å². The van der Waals surface area contributed by atoms with Gasteiger partial charge >= 0.3 is 5.97 Å². The van der Waals surface area contributed by atoms with E-state index in [1.54, 1.807) is 20.8 Å². The van der Waals surface area contributed by atoms with Crippen molar-refractivity contribution in [2.45, 2.75) is 31.7 Å². The first kappa shape index (κ1) is 25.5. The normalized spacial score (nSPS) is 12.3. The van der Waals surface area contributed by atoms with E-state index >= 15 is 0 Å². The minimum absolute atomic E-state index is 0.0795. The lowest BCUT2D eigenvalue weighted by molar-refractivity contribution is -0.147. The zero-order chi connectivity index (χ0) is 22.7. The predicted octanol–water partition coefficient (Wildman–Crippen LogP) is 0.141. The van der Waals surface area contributed by atoms with Gasteiger partial charge in [0.1, 0.15) is 6.54 Å². The minimum Gasteiger partial charge on any atom is -0.454 e. The maximum absolute atomic E-state index is 12.4. The topological polar surface area (TPSA) is 131 Å². The van der Waals surface area contributed by atoms with Crippen LogP contribution < -0.4 is 10.6 Å². The van der Waals surface area contributed by atoms with Crippen LogP contribution >= 0.6 is 0 Å². The van der Waals surface area contributed by atoms with Crippen molar-refractivity contribution in [3.63, 3.8) is 0 Å². The van der Waals surface area contributed by atoms with Gasteiger partial charge in [0.15, 0.2) is 6.61 Å². The summed E-state index contributed by atoms with van der Waals surface area (Å²) in [4.78, 5) is 35.5. The summed E-state index contributed by atoms with van der Waals surface area (Å²) in [7, 11) is -2.11. The highest BCUT2D eigenvalue weighted by atomic mass is 32.2. The molecule has 0 saturated carbocycles. The van der Waals surface area contributed by atoms with Gasteiger partial charge < -0.3 is 20.1 Å². The van der Waals surface area contributed by atoms with Gasteiger partial charge in [-0.25, -0.2) is 8.42 Å². The standard InChI is InChI=1S/C19H29N3O7S/c1-5-22(6-2)30(26,27)16-9-7-15(8-10-16)19(25)20-11-18(24)29-13-17(23)21-14(3)12-28-4/h7-10,14H,5-6,11-13H2,1-4H3,(H,20,25)(H,21,23). The molecule has 0 heterocycles. The van der Waals surface area contributed by atoms with E-state index in [9.17, 15) is 22.8 Å². The Morgan fingerprint density at radius 3 is 2.23 bits per heavy atom. The monoisotopic (exact) mass is 443 g/mol. The number of carbonyl (C=O) groups excluding carboxylic acids is 3. The van der Waals surface area contributed by atoms with E-state index in [0.717, 1.165) is 0 Å². The molecule has 10 nitrogen and oxygen atoms in total. The second kappa shape index (κ2) is 12.3. The lowest BCUT2D eigenvalue weighted by Gasteiger charge is -2.18. The first-order chi connectivity index (χ1) is 14.1. The van der Waals surface area contributed by atoms with Gasteiger partial charge in [-0.1, -0.05) is 13.8 Å². The fraction of sp³-hybridized carbons (Fsp3) is 0.526. The van der Waals surface area contributed by atoms with Crippen molar-refractivity contribution >= 4 is 27.8 Å². The van der Waals surface area contributed by atoms with E-state index < -0.39 is 41.0 Å². The number of amides is 2. The van der Waals surface area contributed by atoms with Gasteiger partial charge in [0.2, 0.25) is 10.0 Å². The van der Waals surface area contributed by atoms with Crippen molar-refractivity contribution in [3.05, 3.63) is 29.8 Å². The van der Waals surface area contributed by atoms with Crippen molar-refractivity contribution in [1.82, 2.24) is 14.9 Å². The van der Waals surface area contributed by atoms with Crippen molar-refractivity contribution < 1.29 is 32.3 Å². The Hall–Kier alpha value is -2.50. The predicted molar refractivity (Wildman–Crippen MR) is 109 cm³/mol. The Kier molecular flexibility index (Phi) is 10.4. The molecule has 1 rings (SSSR count). The number of hydrogen-bond donors (Lipinski definition) is 2. The van der Waals surface area contributed by atoms with Crippen LogP contribution in [0.2, 0.25) is 0 Å². The summed E-state index contributed by atoms with van der Waals surface area (Å²) >= 11 is 0. The van der Waals surface area contributed by atoms with Gasteiger partial charge in [-0.2, -0.15) is 4.31 Å². The first-order valence-electron chi connectivity index (χ1n) is 9.48. The van der Waals surface area contributed by atoms with Gasteiger partial charge in [-0.15, -0.1) is 0 Å². The maximum Gasteiger partial charge on any atom is 0.325 e. The first-order valence-corrected chi connectivity index (χ1v) is 10.9. The fourth-order valence-electron chi connectivity index (χ4n) is 2.55. The molecule has 30 heavy (non-hydrogen) atoms. The van der Waals surface area contributed by atoms with Crippen LogP contribution in [0.3, 0.4) is 0 Å². The van der Waals surface area contributed by atoms with E-state index in [4.69, 9.17) is 9.47 Å². The van der Waals surface area contributed by atoms with Crippen LogP contribution in [0.5, 0.6) is 0 Å². The molecule has 0 fully saturated rings. The number of rotatable bonds is 12. The van der Waals surface area contributed by atoms with E-state index in [2.05, 4.69) is 10.6 Å². The van der Waals surface area contributed by atoms with Crippen LogP contribution in [0, 0.1) is 0 Å². The van der Waals surface area contributed by atoms with Gasteiger partial charge in [0.25, 0.3) is 11.8 Å². The molecule has 1 unspecified atom stereocenters. The van der Waals surface area contributed by atoms with Crippen molar-refractivity contribution in [2.75, 3.05) is 40.0 Å². The average Bonchev–Trinajstić information content (AvgIpc) is 2.71. The Morgan fingerprint density at radius 1 is 1.10 bits per heavy atom. The zero-order valence-electron chi connectivity index (χ0n) is 17.6. The molecule has 0 saturated heterocycles. The molecule has 168 valence electrons. The van der Waals surface area contributed by atoms with E-state index in [0.29, 0.717) is 19.7 Å². The molecule has 2 amide bonds. The van der Waals surface area contributed by atoms with Crippen molar-refractivity contribution in [1.29, 1.82) is 0 Å². The van der Waals surface area contributed by atoms with E-state index in [1.807, 2.05) is 0 Å². The van der Waals surface area contributed by atoms with Crippen LogP contribution in [0.4, 0.5) is 0 Å². The van der Waals surface area contributed by atoms with Crippen molar-refractivity contribution in [3.8, 4) is 0 Å². The molecule has 2 N–H and O–H groups in total. The molecule has 11 heteroatoms. The Bertz CT molecular complexity index is 821. The minimum atomic E-state index is -3.62. The average molecular weight is 444 g/mol. The fourth-order valence-corrected chi connectivity index (χ4v) is 4.01. The van der Waals surface area contributed by atoms with Crippen LogP contribution in [0.15, 0.2) is 29.2 Å². The smallest absolute Gasteiger partial charge is 0.325 e. The van der Waals surface area contributed by atoms with Crippen LogP contribution in [-0.4, -0.2) is 76.5 Å². The summed E-state index contributed by atoms with van der Waals surface area (Å²) in [6.07, 6.45) is 0. The molecular formula is C19H29N3O7S. The molecule has 0 bridgehead atoms. The van der Waals surface area contributed by atoms with Crippen LogP contribution in [0.1, 0.15) is 31.1 Å². The third kappa shape index (κ3) is 7.73. The number of nitrogens with zero attached hydrogens (tertiary/aromatic N) is 1. The lowest BCUT2D eigenvalue weighted by Crippen LogP contribution is -2.39. The molecule has 0 aliphatic heterocycles. The molecule has 1 atom stereocenters. The number of carbonyl (C=O) groups is 3. The Morgan fingerprint density at radius 2 is 1.70 bits per heavy atom. The molecule has 0 spiro atoms. The van der Waals surface area contributed by atoms with Gasteiger partial charge in [-0.3, -0.25) is 14.4 Å². The highest BCUT2D eigenvalue weighted by Crippen LogP contribution is 2.16. The number of sulfonamides is 1. The quantitative estimate of drug-likeness (QED) is 0.439. The number of nitrogens with one attached hydrogen (secondary N) is 2. The summed E-state index contributed by atoms with van der Waals surface area (Å²) < 4.78 is 35.9. The number of esters is 1. The van der Waals surface area contributed by atoms with Crippen molar-refractivity contribution in [2.24, 2.45) is 0 Å². The highest BCUT2D eigenvalue weighted by Gasteiger charge is 2.21. The molecule has 1 aromatic carbocycles. The summed E-state index contributed by atoms with van der Waals surface area (Å²) in [5.74, 6) is -1.83. The van der Waals surface area contributed by atoms with Gasteiger partial charge in [0.05, 0.1) is 11.5 Å². The lowest BCUT2D eigenvalue weighted by atomic mass is 10.2. The third-order valence-corrected chi connectivity index (χ3v) is 6.11. The summed E-state index contributed by atoms with van der Waals surface area (Å²) in [5, 5.41) is 4.94. The molecule has 0 aliphatic carbocycles. The molecule has 1 aromatic rings. The second-order valence-electron chi connectivity index (χ2n) is 6.38. The zero-order valence-corrected chi connectivity index (χ0v) is 18.5. The largest absolute Gasteiger partial charge is 0.454 e. The number of methoxy groups -OCH3 is 1. The highest BCUT2D eigenvalue weighted by molar-refractivity contribution is 7.89. The SMILES string of the molecule is CCN(CC)S(=O)(=O)c1ccc(C(=O)NCC(=O)OCC(=O)NC(C)COC)cc1. The molecule has 0 aliphatic rings. The van der Waals surface area contributed by atoms with Crippen LogP contribution in [0.25, 0.3) is 0 Å². The third-order valence-electron chi connectivity index (χ3n) is 4.04. The summed E-state index contributed by atoms with van der Waals surface area (Å²) in [6.45, 7) is 5.32. The van der Waals surface area contributed by atoms with Gasteiger partial charge in [-0.05, 0) is 31.2 Å². The maximum atomic E-state index is 12.4. The summed E-state index contributed by atoms with van der Waals surface area (Å²) in [5.41, 5.74) is 0.187. The second-order valence-corrected chi connectivity index (χ2v) is 8.32.